The Balaban J connectivity index is 1.43. The standard InChI is InChI=1S/C25H26F2N2O6/c1-34-13-20(22(30)31)28-23(32)25(26,27)21(14-10-11-14)29-24(33)35-12-19-17-8-4-2-6-15(17)16-7-3-5-9-18(16)19/h2-9,14,19-21H,10-13H2,1H3,(H,28,32)(H,29,33)(H,30,31). The second-order valence-electron chi connectivity index (χ2n) is 8.73. The summed E-state index contributed by atoms with van der Waals surface area (Å²) >= 11 is 0. The van der Waals surface area contributed by atoms with Crippen LogP contribution in [0.4, 0.5) is 13.6 Å². The summed E-state index contributed by atoms with van der Waals surface area (Å²) in [5, 5.41) is 13.1. The molecule has 0 heterocycles. The highest BCUT2D eigenvalue weighted by molar-refractivity contribution is 5.89. The fraction of sp³-hybridized carbons (Fsp3) is 0.400. The average molecular weight is 488 g/mol. The maximum Gasteiger partial charge on any atom is 0.407 e. The summed E-state index contributed by atoms with van der Waals surface area (Å²) in [4.78, 5) is 36.0. The molecule has 1 fully saturated rings. The van der Waals surface area contributed by atoms with Gasteiger partial charge in [0, 0.05) is 13.0 Å². The molecule has 2 aliphatic rings. The molecule has 0 radical (unpaired) electrons. The zero-order chi connectivity index (χ0) is 25.2. The maximum absolute atomic E-state index is 15.0. The predicted molar refractivity (Wildman–Crippen MR) is 121 cm³/mol. The first-order chi connectivity index (χ1) is 16.7. The number of alkyl carbamates (subject to hydrolysis) is 1. The molecule has 8 nitrogen and oxygen atoms in total. The highest BCUT2D eigenvalue weighted by atomic mass is 19.3. The Labute approximate surface area is 200 Å². The topological polar surface area (TPSA) is 114 Å². The third-order valence-electron chi connectivity index (χ3n) is 6.34. The van der Waals surface area contributed by atoms with E-state index in [1.54, 1.807) is 5.32 Å². The molecular formula is C25H26F2N2O6. The first-order valence-electron chi connectivity index (χ1n) is 11.3. The number of alkyl halides is 2. The van der Waals surface area contributed by atoms with Crippen LogP contribution in [-0.4, -0.2) is 61.4 Å². The molecule has 2 atom stereocenters. The van der Waals surface area contributed by atoms with Gasteiger partial charge in [0.1, 0.15) is 12.6 Å². The van der Waals surface area contributed by atoms with Gasteiger partial charge >= 0.3 is 18.0 Å². The van der Waals surface area contributed by atoms with Gasteiger partial charge in [0.25, 0.3) is 5.91 Å². The average Bonchev–Trinajstić information content (AvgIpc) is 3.63. The second-order valence-corrected chi connectivity index (χ2v) is 8.73. The Bertz CT molecular complexity index is 1080. The van der Waals surface area contributed by atoms with Gasteiger partial charge in [-0.15, -0.1) is 0 Å². The van der Waals surface area contributed by atoms with Crippen LogP contribution in [0.15, 0.2) is 48.5 Å². The van der Waals surface area contributed by atoms with Crippen molar-refractivity contribution >= 4 is 18.0 Å². The molecule has 0 spiro atoms. The molecule has 186 valence electrons. The van der Waals surface area contributed by atoms with Gasteiger partial charge in [-0.1, -0.05) is 48.5 Å². The lowest BCUT2D eigenvalue weighted by Crippen LogP contribution is -2.59. The first-order valence-corrected chi connectivity index (χ1v) is 11.3. The molecule has 1 saturated carbocycles. The van der Waals surface area contributed by atoms with Gasteiger partial charge in [-0.2, -0.15) is 8.78 Å². The van der Waals surface area contributed by atoms with Crippen LogP contribution in [0, 0.1) is 5.92 Å². The number of aliphatic carboxylic acids is 1. The van der Waals surface area contributed by atoms with E-state index in [1.807, 2.05) is 48.5 Å². The van der Waals surface area contributed by atoms with E-state index in [1.165, 1.54) is 7.11 Å². The SMILES string of the molecule is COCC(NC(=O)C(F)(F)C(NC(=O)OCC1c2ccccc2-c2ccccc21)C1CC1)C(=O)O. The highest BCUT2D eigenvalue weighted by Crippen LogP contribution is 2.44. The first kappa shape index (κ1) is 24.6. The molecule has 35 heavy (non-hydrogen) atoms. The van der Waals surface area contributed by atoms with E-state index in [-0.39, 0.29) is 12.5 Å². The zero-order valence-electron chi connectivity index (χ0n) is 19.0. The fourth-order valence-electron chi connectivity index (χ4n) is 4.44. The molecule has 2 aromatic carbocycles. The number of amides is 2. The summed E-state index contributed by atoms with van der Waals surface area (Å²) in [7, 11) is 1.19. The van der Waals surface area contributed by atoms with Crippen molar-refractivity contribution in [1.29, 1.82) is 0 Å². The monoisotopic (exact) mass is 488 g/mol. The summed E-state index contributed by atoms with van der Waals surface area (Å²) in [6.45, 7) is -0.547. The lowest BCUT2D eigenvalue weighted by atomic mass is 9.98. The minimum absolute atomic E-state index is 0.0655. The number of hydrogen-bond acceptors (Lipinski definition) is 5. The lowest BCUT2D eigenvalue weighted by Gasteiger charge is -2.28. The Morgan fingerprint density at radius 2 is 1.60 bits per heavy atom. The van der Waals surface area contributed by atoms with E-state index in [4.69, 9.17) is 9.84 Å². The number of carboxylic acids is 1. The van der Waals surface area contributed by atoms with Crippen LogP contribution in [-0.2, 0) is 19.1 Å². The number of rotatable bonds is 10. The number of methoxy groups -OCH3 is 1. The van der Waals surface area contributed by atoms with Crippen molar-refractivity contribution in [3.8, 4) is 11.1 Å². The maximum atomic E-state index is 15.0. The van der Waals surface area contributed by atoms with Crippen LogP contribution < -0.4 is 10.6 Å². The summed E-state index contributed by atoms with van der Waals surface area (Å²) in [5.74, 6) is -8.22. The van der Waals surface area contributed by atoms with E-state index in [2.05, 4.69) is 10.1 Å². The van der Waals surface area contributed by atoms with Crippen molar-refractivity contribution in [2.75, 3.05) is 20.3 Å². The molecule has 0 aliphatic heterocycles. The normalized spacial score (nSPS) is 16.5. The number of nitrogens with one attached hydrogen (secondary N) is 2. The van der Waals surface area contributed by atoms with Gasteiger partial charge < -0.3 is 25.2 Å². The summed E-state index contributed by atoms with van der Waals surface area (Å²) in [6, 6.07) is 12.0. The number of carboxylic acid groups (broad SMARTS) is 1. The predicted octanol–water partition coefficient (Wildman–Crippen LogP) is 3.15. The van der Waals surface area contributed by atoms with E-state index < -0.39 is 48.5 Å². The van der Waals surface area contributed by atoms with Gasteiger partial charge in [-0.25, -0.2) is 9.59 Å². The van der Waals surface area contributed by atoms with Crippen LogP contribution in [0.25, 0.3) is 11.1 Å². The van der Waals surface area contributed by atoms with E-state index >= 15 is 8.78 Å². The summed E-state index contributed by atoms with van der Waals surface area (Å²) in [5.41, 5.74) is 4.01. The minimum Gasteiger partial charge on any atom is -0.480 e. The number of carbonyl (C=O) groups excluding carboxylic acids is 2. The third kappa shape index (κ3) is 5.12. The largest absolute Gasteiger partial charge is 0.480 e. The Morgan fingerprint density at radius 3 is 2.11 bits per heavy atom. The number of benzene rings is 2. The number of hydrogen-bond donors (Lipinski definition) is 3. The van der Waals surface area contributed by atoms with Crippen molar-refractivity contribution in [3.05, 3.63) is 59.7 Å². The van der Waals surface area contributed by atoms with Crippen LogP contribution in [0.5, 0.6) is 0 Å². The van der Waals surface area contributed by atoms with Crippen molar-refractivity contribution in [1.82, 2.24) is 10.6 Å². The Kier molecular flexibility index (Phi) is 7.02. The Morgan fingerprint density at radius 1 is 1.03 bits per heavy atom. The van der Waals surface area contributed by atoms with E-state index in [0.29, 0.717) is 12.8 Å². The smallest absolute Gasteiger partial charge is 0.407 e. The lowest BCUT2D eigenvalue weighted by molar-refractivity contribution is -0.156. The van der Waals surface area contributed by atoms with Crippen molar-refractivity contribution in [2.45, 2.75) is 36.8 Å². The van der Waals surface area contributed by atoms with Crippen molar-refractivity contribution in [2.24, 2.45) is 5.92 Å². The number of carbonyl (C=O) groups is 3. The molecule has 2 unspecified atom stereocenters. The van der Waals surface area contributed by atoms with Crippen LogP contribution in [0.1, 0.15) is 29.9 Å². The minimum atomic E-state index is -4.05. The molecule has 10 heteroatoms. The molecule has 0 bridgehead atoms. The van der Waals surface area contributed by atoms with Crippen LogP contribution in [0.2, 0.25) is 0 Å². The molecule has 0 aromatic heterocycles. The van der Waals surface area contributed by atoms with Crippen LogP contribution in [0.3, 0.4) is 0 Å². The summed E-state index contributed by atoms with van der Waals surface area (Å²) in [6.07, 6.45) is -0.266. The third-order valence-corrected chi connectivity index (χ3v) is 6.34. The molecule has 3 N–H and O–H groups in total. The van der Waals surface area contributed by atoms with Gasteiger partial charge in [0.15, 0.2) is 6.04 Å². The van der Waals surface area contributed by atoms with Crippen molar-refractivity contribution < 1.29 is 37.7 Å². The summed E-state index contributed by atoms with van der Waals surface area (Å²) < 4.78 is 40.0. The fourth-order valence-corrected chi connectivity index (χ4v) is 4.44. The van der Waals surface area contributed by atoms with E-state index in [0.717, 1.165) is 22.3 Å². The number of fused-ring (bicyclic) bond motifs is 3. The van der Waals surface area contributed by atoms with Gasteiger partial charge in [0.2, 0.25) is 0 Å². The van der Waals surface area contributed by atoms with Crippen LogP contribution >= 0.6 is 0 Å². The van der Waals surface area contributed by atoms with Crippen molar-refractivity contribution in [3.63, 3.8) is 0 Å². The number of ether oxygens (including phenoxy) is 2. The molecule has 0 saturated heterocycles. The zero-order valence-corrected chi connectivity index (χ0v) is 19.0. The Hall–Kier alpha value is -3.53. The highest BCUT2D eigenvalue weighted by Gasteiger charge is 2.55. The van der Waals surface area contributed by atoms with Gasteiger partial charge in [-0.3, -0.25) is 4.79 Å². The van der Waals surface area contributed by atoms with Gasteiger partial charge in [0.05, 0.1) is 6.61 Å². The molecular weight excluding hydrogens is 462 g/mol. The molecule has 2 aliphatic carbocycles. The van der Waals surface area contributed by atoms with Gasteiger partial charge in [-0.05, 0) is 41.0 Å². The van der Waals surface area contributed by atoms with E-state index in [9.17, 15) is 14.4 Å². The quantitative estimate of drug-likeness (QED) is 0.474. The molecule has 4 rings (SSSR count). The second kappa shape index (κ2) is 9.99. The molecule has 2 amide bonds. The number of halogens is 2. The molecule has 2 aromatic rings.